The Morgan fingerprint density at radius 3 is 2.78 bits per heavy atom. The molecule has 0 saturated heterocycles. The molecule has 1 aliphatic rings. The molecule has 1 aliphatic carbocycles. The fourth-order valence-electron chi connectivity index (χ4n) is 1.84. The van der Waals surface area contributed by atoms with Crippen LogP contribution in [-0.2, 0) is 10.0 Å². The molecule has 1 aromatic carbocycles. The van der Waals surface area contributed by atoms with Crippen LogP contribution >= 0.6 is 11.6 Å². The van der Waals surface area contributed by atoms with Gasteiger partial charge in [0, 0.05) is 17.6 Å². The summed E-state index contributed by atoms with van der Waals surface area (Å²) in [6, 6.07) is 4.73. The second kappa shape index (κ2) is 5.17. The Hall–Kier alpha value is -0.620. The molecule has 18 heavy (non-hydrogen) atoms. The van der Waals surface area contributed by atoms with Gasteiger partial charge < -0.3 is 5.73 Å². The van der Waals surface area contributed by atoms with Crippen LogP contribution < -0.4 is 10.5 Å². The molecule has 0 bridgehead atoms. The van der Waals surface area contributed by atoms with Gasteiger partial charge in [0.2, 0.25) is 10.0 Å². The molecule has 1 saturated carbocycles. The molecule has 1 atom stereocenters. The Labute approximate surface area is 113 Å². The van der Waals surface area contributed by atoms with E-state index in [4.69, 9.17) is 17.3 Å². The van der Waals surface area contributed by atoms with Gasteiger partial charge in [0.15, 0.2) is 0 Å². The van der Waals surface area contributed by atoms with E-state index < -0.39 is 10.0 Å². The Balaban J connectivity index is 2.11. The number of benzene rings is 1. The molecule has 1 fully saturated rings. The predicted molar refractivity (Wildman–Crippen MR) is 72.1 cm³/mol. The van der Waals surface area contributed by atoms with E-state index in [0.29, 0.717) is 16.5 Å². The van der Waals surface area contributed by atoms with Crippen molar-refractivity contribution in [2.45, 2.75) is 30.7 Å². The first kappa shape index (κ1) is 13.8. The Kier molecular flexibility index (Phi) is 3.96. The van der Waals surface area contributed by atoms with Crippen molar-refractivity contribution in [1.29, 1.82) is 0 Å². The molecule has 0 spiro atoms. The highest BCUT2D eigenvalue weighted by molar-refractivity contribution is 7.89. The lowest BCUT2D eigenvalue weighted by atomic mass is 10.2. The van der Waals surface area contributed by atoms with E-state index >= 15 is 0 Å². The third kappa shape index (κ3) is 3.23. The molecule has 2 rings (SSSR count). The minimum atomic E-state index is -3.53. The van der Waals surface area contributed by atoms with Crippen molar-refractivity contribution in [3.63, 3.8) is 0 Å². The van der Waals surface area contributed by atoms with Crippen LogP contribution in [0.25, 0.3) is 0 Å². The molecule has 0 aliphatic heterocycles. The van der Waals surface area contributed by atoms with Gasteiger partial charge in [0.25, 0.3) is 0 Å². The van der Waals surface area contributed by atoms with Gasteiger partial charge in [-0.2, -0.15) is 0 Å². The van der Waals surface area contributed by atoms with E-state index in [1.807, 2.05) is 0 Å². The van der Waals surface area contributed by atoms with Gasteiger partial charge in [-0.15, -0.1) is 0 Å². The molecule has 1 unspecified atom stereocenters. The Bertz CT molecular complexity index is 541. The van der Waals surface area contributed by atoms with Crippen LogP contribution in [-0.4, -0.2) is 21.0 Å². The monoisotopic (exact) mass is 288 g/mol. The van der Waals surface area contributed by atoms with Crippen molar-refractivity contribution in [3.05, 3.63) is 28.8 Å². The van der Waals surface area contributed by atoms with Crippen molar-refractivity contribution in [1.82, 2.24) is 4.72 Å². The zero-order chi connectivity index (χ0) is 13.3. The smallest absolute Gasteiger partial charge is 0.240 e. The number of rotatable bonds is 5. The quantitative estimate of drug-likeness (QED) is 0.865. The number of hydrogen-bond acceptors (Lipinski definition) is 3. The predicted octanol–water partition coefficient (Wildman–Crippen LogP) is 1.66. The average molecular weight is 289 g/mol. The van der Waals surface area contributed by atoms with Crippen molar-refractivity contribution in [2.24, 2.45) is 11.7 Å². The molecular formula is C12H17ClN2O2S. The molecule has 0 aromatic heterocycles. The summed E-state index contributed by atoms with van der Waals surface area (Å²) in [5, 5.41) is 0.410. The van der Waals surface area contributed by atoms with E-state index in [0.717, 1.165) is 12.8 Å². The largest absolute Gasteiger partial charge is 0.326 e. The van der Waals surface area contributed by atoms with Crippen LogP contribution in [0.5, 0.6) is 0 Å². The number of halogens is 1. The second-order valence-corrected chi connectivity index (χ2v) is 6.93. The number of hydrogen-bond donors (Lipinski definition) is 2. The lowest BCUT2D eigenvalue weighted by molar-refractivity contribution is 0.547. The molecule has 6 heteroatoms. The maximum Gasteiger partial charge on any atom is 0.240 e. The van der Waals surface area contributed by atoms with E-state index in [1.54, 1.807) is 19.1 Å². The third-order valence-electron chi connectivity index (χ3n) is 3.18. The summed E-state index contributed by atoms with van der Waals surface area (Å²) in [6.07, 6.45) is 2.19. The topological polar surface area (TPSA) is 72.2 Å². The summed E-state index contributed by atoms with van der Waals surface area (Å²) in [5.41, 5.74) is 6.55. The maximum absolute atomic E-state index is 12.1. The Morgan fingerprint density at radius 1 is 1.50 bits per heavy atom. The highest BCUT2D eigenvalue weighted by Crippen LogP contribution is 2.31. The van der Waals surface area contributed by atoms with Gasteiger partial charge in [-0.25, -0.2) is 13.1 Å². The van der Waals surface area contributed by atoms with Gasteiger partial charge in [-0.3, -0.25) is 0 Å². The molecule has 1 aromatic rings. The first-order valence-corrected chi connectivity index (χ1v) is 7.77. The zero-order valence-electron chi connectivity index (χ0n) is 10.2. The first-order chi connectivity index (χ1) is 8.40. The maximum atomic E-state index is 12.1. The average Bonchev–Trinajstić information content (AvgIpc) is 3.13. The van der Waals surface area contributed by atoms with E-state index in [1.165, 1.54) is 6.07 Å². The minimum Gasteiger partial charge on any atom is -0.326 e. The Morgan fingerprint density at radius 2 is 2.17 bits per heavy atom. The standard InChI is InChI=1S/C12H17ClN2O2S/c1-8-2-5-10(13)6-12(8)18(16,17)15-7-11(14)9-3-4-9/h2,5-6,9,11,15H,3-4,7,14H2,1H3. The van der Waals surface area contributed by atoms with E-state index in [9.17, 15) is 8.42 Å². The summed E-state index contributed by atoms with van der Waals surface area (Å²) in [5.74, 6) is 0.466. The van der Waals surface area contributed by atoms with Crippen LogP contribution in [0.4, 0.5) is 0 Å². The second-order valence-electron chi connectivity index (χ2n) is 4.76. The van der Waals surface area contributed by atoms with Gasteiger partial charge in [0.05, 0.1) is 4.90 Å². The lowest BCUT2D eigenvalue weighted by Crippen LogP contribution is -2.38. The normalized spacial score (nSPS) is 17.7. The fourth-order valence-corrected chi connectivity index (χ4v) is 3.42. The summed E-state index contributed by atoms with van der Waals surface area (Å²) in [7, 11) is -3.53. The van der Waals surface area contributed by atoms with Crippen molar-refractivity contribution >= 4 is 21.6 Å². The molecule has 0 heterocycles. The van der Waals surface area contributed by atoms with Crippen LogP contribution in [0.3, 0.4) is 0 Å². The summed E-state index contributed by atoms with van der Waals surface area (Å²) >= 11 is 5.83. The van der Waals surface area contributed by atoms with E-state index in [-0.39, 0.29) is 17.5 Å². The summed E-state index contributed by atoms with van der Waals surface area (Å²) < 4.78 is 26.8. The van der Waals surface area contributed by atoms with Crippen molar-refractivity contribution in [3.8, 4) is 0 Å². The SMILES string of the molecule is Cc1ccc(Cl)cc1S(=O)(=O)NCC(N)C1CC1. The molecule has 0 radical (unpaired) electrons. The van der Waals surface area contributed by atoms with Gasteiger partial charge in [0.1, 0.15) is 0 Å². The fraction of sp³-hybridized carbons (Fsp3) is 0.500. The van der Waals surface area contributed by atoms with Crippen molar-refractivity contribution in [2.75, 3.05) is 6.54 Å². The van der Waals surface area contributed by atoms with Gasteiger partial charge in [-0.1, -0.05) is 17.7 Å². The highest BCUT2D eigenvalue weighted by Gasteiger charge is 2.29. The zero-order valence-corrected chi connectivity index (χ0v) is 11.8. The van der Waals surface area contributed by atoms with E-state index in [2.05, 4.69) is 4.72 Å². The number of nitrogens with two attached hydrogens (primary N) is 1. The van der Waals surface area contributed by atoms with Crippen LogP contribution in [0.2, 0.25) is 5.02 Å². The molecule has 4 nitrogen and oxygen atoms in total. The van der Waals surface area contributed by atoms with Gasteiger partial charge >= 0.3 is 0 Å². The van der Waals surface area contributed by atoms with Gasteiger partial charge in [-0.05, 0) is 43.4 Å². The number of nitrogens with one attached hydrogen (secondary N) is 1. The number of sulfonamides is 1. The van der Waals surface area contributed by atoms with Crippen LogP contribution in [0.1, 0.15) is 18.4 Å². The highest BCUT2D eigenvalue weighted by atomic mass is 35.5. The summed E-state index contributed by atoms with van der Waals surface area (Å²) in [4.78, 5) is 0.220. The number of aryl methyl sites for hydroxylation is 1. The molecule has 100 valence electrons. The summed E-state index contributed by atoms with van der Waals surface area (Å²) in [6.45, 7) is 2.02. The van der Waals surface area contributed by atoms with Crippen LogP contribution in [0.15, 0.2) is 23.1 Å². The van der Waals surface area contributed by atoms with Crippen LogP contribution in [0, 0.1) is 12.8 Å². The molecule has 3 N–H and O–H groups in total. The third-order valence-corrected chi connectivity index (χ3v) is 4.98. The first-order valence-electron chi connectivity index (χ1n) is 5.91. The molecule has 0 amide bonds. The van der Waals surface area contributed by atoms with Crippen molar-refractivity contribution < 1.29 is 8.42 Å². The lowest BCUT2D eigenvalue weighted by Gasteiger charge is -2.13. The minimum absolute atomic E-state index is 0.0979. The molecular weight excluding hydrogens is 272 g/mol.